The lowest BCUT2D eigenvalue weighted by Gasteiger charge is -2.12. The van der Waals surface area contributed by atoms with Crippen LogP contribution < -0.4 is 15.8 Å². The number of anilines is 2. The third-order valence-electron chi connectivity index (χ3n) is 5.11. The van der Waals surface area contributed by atoms with Crippen molar-refractivity contribution in [3.63, 3.8) is 0 Å². The van der Waals surface area contributed by atoms with Gasteiger partial charge in [-0.05, 0) is 54.1 Å². The summed E-state index contributed by atoms with van der Waals surface area (Å²) in [4.78, 5) is 8.74. The van der Waals surface area contributed by atoms with Crippen molar-refractivity contribution in [2.24, 2.45) is 5.73 Å². The molecule has 10 heteroatoms. The molecule has 0 aliphatic carbocycles. The molecule has 0 saturated heterocycles. The molecule has 0 fully saturated rings. The topological polar surface area (TPSA) is 104 Å². The lowest BCUT2D eigenvalue weighted by Crippen LogP contribution is -2.00. The molecule has 8 nitrogen and oxygen atoms in total. The number of halogens is 2. The molecule has 0 amide bonds. The Balaban J connectivity index is 1.38. The van der Waals surface area contributed by atoms with Gasteiger partial charge in [-0.25, -0.2) is 19.0 Å². The molecular weight excluding hydrogens is 457 g/mol. The fourth-order valence-corrected chi connectivity index (χ4v) is 3.66. The average Bonchev–Trinajstić information content (AvgIpc) is 3.33. The number of ether oxygens (including phenoxy) is 1. The molecule has 0 saturated carbocycles. The van der Waals surface area contributed by atoms with Crippen LogP contribution in [0.5, 0.6) is 5.75 Å². The Kier molecular flexibility index (Phi) is 6.03. The lowest BCUT2D eigenvalue weighted by atomic mass is 10.2. The number of hydrogen-bond acceptors (Lipinski definition) is 7. The molecule has 0 aliphatic heterocycles. The number of benzene rings is 3. The Morgan fingerprint density at radius 1 is 1.06 bits per heavy atom. The van der Waals surface area contributed by atoms with E-state index in [-0.39, 0.29) is 12.4 Å². The molecule has 170 valence electrons. The maximum absolute atomic E-state index is 13.4. The second-order valence-electron chi connectivity index (χ2n) is 7.47. The fraction of sp³-hybridized carbons (Fsp3) is 0.0833. The summed E-state index contributed by atoms with van der Waals surface area (Å²) in [6.07, 6.45) is 3.27. The van der Waals surface area contributed by atoms with E-state index in [1.165, 1.54) is 18.5 Å². The normalized spacial score (nSPS) is 11.0. The molecule has 0 atom stereocenters. The molecule has 0 unspecified atom stereocenters. The zero-order valence-corrected chi connectivity index (χ0v) is 18.6. The Hall–Kier alpha value is -4.08. The monoisotopic (exact) mass is 475 g/mol. The summed E-state index contributed by atoms with van der Waals surface area (Å²) >= 11 is 6.43. The number of fused-ring (bicyclic) bond motifs is 1. The second kappa shape index (κ2) is 9.42. The van der Waals surface area contributed by atoms with Gasteiger partial charge in [0.1, 0.15) is 30.3 Å². The van der Waals surface area contributed by atoms with E-state index in [2.05, 4.69) is 25.6 Å². The van der Waals surface area contributed by atoms with Crippen molar-refractivity contribution in [3.8, 4) is 11.4 Å². The Morgan fingerprint density at radius 3 is 2.76 bits per heavy atom. The largest absolute Gasteiger partial charge is 0.487 e. The molecule has 5 aromatic rings. The predicted molar refractivity (Wildman–Crippen MR) is 128 cm³/mol. The fourth-order valence-electron chi connectivity index (χ4n) is 3.43. The van der Waals surface area contributed by atoms with Crippen LogP contribution >= 0.6 is 11.6 Å². The average molecular weight is 476 g/mol. The van der Waals surface area contributed by atoms with Gasteiger partial charge in [-0.15, -0.1) is 5.10 Å². The Morgan fingerprint density at radius 2 is 1.97 bits per heavy atom. The molecular formula is C24H19ClFN7O. The van der Waals surface area contributed by atoms with E-state index in [0.717, 1.165) is 22.3 Å². The third-order valence-corrected chi connectivity index (χ3v) is 5.41. The van der Waals surface area contributed by atoms with Gasteiger partial charge in [0.05, 0.1) is 28.1 Å². The van der Waals surface area contributed by atoms with Crippen LogP contribution in [0.4, 0.5) is 15.9 Å². The van der Waals surface area contributed by atoms with Gasteiger partial charge in [-0.2, -0.15) is 0 Å². The molecule has 2 heterocycles. The van der Waals surface area contributed by atoms with Crippen LogP contribution in [0.15, 0.2) is 73.2 Å². The SMILES string of the molecule is NCc1cn(-c2ccc3ncnc(Nc4ccc(OCc5cccc(F)c5)c(Cl)c4)c3c2)nn1. The van der Waals surface area contributed by atoms with E-state index in [1.807, 2.05) is 24.3 Å². The van der Waals surface area contributed by atoms with E-state index < -0.39 is 0 Å². The maximum atomic E-state index is 13.4. The highest BCUT2D eigenvalue weighted by atomic mass is 35.5. The van der Waals surface area contributed by atoms with E-state index in [9.17, 15) is 4.39 Å². The van der Waals surface area contributed by atoms with Gasteiger partial charge in [0.15, 0.2) is 0 Å². The van der Waals surface area contributed by atoms with Gasteiger partial charge in [0, 0.05) is 17.6 Å². The van der Waals surface area contributed by atoms with Crippen molar-refractivity contribution >= 4 is 34.0 Å². The van der Waals surface area contributed by atoms with Crippen LogP contribution in [0.2, 0.25) is 5.02 Å². The van der Waals surface area contributed by atoms with Gasteiger partial charge in [-0.3, -0.25) is 0 Å². The summed E-state index contributed by atoms with van der Waals surface area (Å²) in [6, 6.07) is 17.3. The van der Waals surface area contributed by atoms with Crippen molar-refractivity contribution in [3.05, 3.63) is 95.3 Å². The first-order chi connectivity index (χ1) is 16.6. The van der Waals surface area contributed by atoms with Crippen LogP contribution in [-0.4, -0.2) is 25.0 Å². The zero-order valence-electron chi connectivity index (χ0n) is 17.8. The highest BCUT2D eigenvalue weighted by Crippen LogP contribution is 2.31. The molecule has 2 aromatic heterocycles. The van der Waals surface area contributed by atoms with Crippen molar-refractivity contribution in [2.45, 2.75) is 13.2 Å². The molecule has 0 spiro atoms. The van der Waals surface area contributed by atoms with E-state index in [4.69, 9.17) is 22.1 Å². The second-order valence-corrected chi connectivity index (χ2v) is 7.88. The first-order valence-corrected chi connectivity index (χ1v) is 10.8. The quantitative estimate of drug-likeness (QED) is 0.349. The highest BCUT2D eigenvalue weighted by Gasteiger charge is 2.10. The molecule has 0 bridgehead atoms. The predicted octanol–water partition coefficient (Wildman–Crippen LogP) is 4.78. The summed E-state index contributed by atoms with van der Waals surface area (Å²) in [6.45, 7) is 0.518. The molecule has 0 aliphatic rings. The summed E-state index contributed by atoms with van der Waals surface area (Å²) < 4.78 is 20.8. The summed E-state index contributed by atoms with van der Waals surface area (Å²) in [5.74, 6) is 0.791. The van der Waals surface area contributed by atoms with Gasteiger partial charge in [0.2, 0.25) is 0 Å². The molecule has 3 aromatic carbocycles. The Bertz CT molecular complexity index is 1470. The summed E-state index contributed by atoms with van der Waals surface area (Å²) in [7, 11) is 0. The first kappa shape index (κ1) is 21.7. The first-order valence-electron chi connectivity index (χ1n) is 10.4. The number of aromatic nitrogens is 5. The van der Waals surface area contributed by atoms with Crippen molar-refractivity contribution in [1.29, 1.82) is 0 Å². The number of hydrogen-bond donors (Lipinski definition) is 2. The Labute approximate surface area is 199 Å². The minimum atomic E-state index is -0.310. The van der Waals surface area contributed by atoms with Crippen molar-refractivity contribution < 1.29 is 9.13 Å². The summed E-state index contributed by atoms with van der Waals surface area (Å²) in [5, 5.41) is 12.6. The van der Waals surface area contributed by atoms with Crippen LogP contribution in [0.1, 0.15) is 11.3 Å². The van der Waals surface area contributed by atoms with Gasteiger partial charge in [0.25, 0.3) is 0 Å². The van der Waals surface area contributed by atoms with E-state index >= 15 is 0 Å². The maximum Gasteiger partial charge on any atom is 0.141 e. The summed E-state index contributed by atoms with van der Waals surface area (Å²) in [5.41, 5.74) is 9.34. The lowest BCUT2D eigenvalue weighted by molar-refractivity contribution is 0.306. The molecule has 5 rings (SSSR count). The smallest absolute Gasteiger partial charge is 0.141 e. The molecule has 0 radical (unpaired) electrons. The third kappa shape index (κ3) is 4.66. The van der Waals surface area contributed by atoms with Crippen LogP contribution in [0.25, 0.3) is 16.6 Å². The number of nitrogens with one attached hydrogen (secondary N) is 1. The minimum absolute atomic E-state index is 0.206. The van der Waals surface area contributed by atoms with Crippen LogP contribution in [-0.2, 0) is 13.2 Å². The number of rotatable bonds is 7. The van der Waals surface area contributed by atoms with Crippen molar-refractivity contribution in [1.82, 2.24) is 25.0 Å². The van der Waals surface area contributed by atoms with Crippen LogP contribution in [0, 0.1) is 5.82 Å². The van der Waals surface area contributed by atoms with Crippen LogP contribution in [0.3, 0.4) is 0 Å². The number of nitrogens with zero attached hydrogens (tertiary/aromatic N) is 5. The van der Waals surface area contributed by atoms with E-state index in [1.54, 1.807) is 35.1 Å². The standard InChI is InChI=1S/C24H19ClFN7O/c25-21-9-17(4-7-23(21)34-13-15-2-1-3-16(26)8-15)30-24-20-10-19(5-6-22(20)28-14-29-24)33-12-18(11-27)31-32-33/h1-10,12,14H,11,13,27H2,(H,28,29,30). The minimum Gasteiger partial charge on any atom is -0.487 e. The van der Waals surface area contributed by atoms with Gasteiger partial charge in [-0.1, -0.05) is 28.9 Å². The number of nitrogens with two attached hydrogens (primary N) is 1. The molecule has 3 N–H and O–H groups in total. The van der Waals surface area contributed by atoms with E-state index in [0.29, 0.717) is 34.4 Å². The van der Waals surface area contributed by atoms with Gasteiger partial charge >= 0.3 is 0 Å². The van der Waals surface area contributed by atoms with Gasteiger partial charge < -0.3 is 15.8 Å². The highest BCUT2D eigenvalue weighted by molar-refractivity contribution is 6.32. The molecule has 34 heavy (non-hydrogen) atoms. The zero-order chi connectivity index (χ0) is 23.5. The van der Waals surface area contributed by atoms with Crippen molar-refractivity contribution in [2.75, 3.05) is 5.32 Å².